The summed E-state index contributed by atoms with van der Waals surface area (Å²) in [5.74, 6) is 0.462. The van der Waals surface area contributed by atoms with Crippen LogP contribution in [0.25, 0.3) is 33.4 Å². The number of nitrogens with one attached hydrogen (secondary N) is 2. The number of benzene rings is 2. The molecule has 194 valence electrons. The quantitative estimate of drug-likeness (QED) is 0.348. The molecule has 2 aromatic carbocycles. The van der Waals surface area contributed by atoms with Gasteiger partial charge in [0, 0.05) is 33.8 Å². The lowest BCUT2D eigenvalue weighted by Gasteiger charge is -2.26. The number of amides is 1. The number of aryl methyl sites for hydroxylation is 1. The van der Waals surface area contributed by atoms with Crippen molar-refractivity contribution in [1.82, 2.24) is 25.4 Å². The maximum absolute atomic E-state index is 12.3. The Hall–Kier alpha value is -3.42. The zero-order valence-corrected chi connectivity index (χ0v) is 22.0. The summed E-state index contributed by atoms with van der Waals surface area (Å²) >= 11 is 6.89. The number of nitrogens with zero attached hydrogens (tertiary/aromatic N) is 3. The number of aromatic amines is 1. The number of carbonyl (C=O) groups is 1. The number of likely N-dealkylation sites (tertiary alicyclic amines) is 1. The fraction of sp³-hybridized carbons (Fsp3) is 0.367. The molecule has 7 nitrogen and oxygen atoms in total. The zero-order chi connectivity index (χ0) is 25.6. The molecule has 1 saturated heterocycles. The number of carbonyl (C=O) groups excluding carboxylic acids is 1. The van der Waals surface area contributed by atoms with Crippen molar-refractivity contribution >= 4 is 28.5 Å². The van der Waals surface area contributed by atoms with E-state index in [0.29, 0.717) is 36.2 Å². The summed E-state index contributed by atoms with van der Waals surface area (Å²) in [6.07, 6.45) is 9.00. The Morgan fingerprint density at radius 3 is 2.76 bits per heavy atom. The number of pyridine rings is 1. The highest BCUT2D eigenvalue weighted by molar-refractivity contribution is 6.31. The van der Waals surface area contributed by atoms with Gasteiger partial charge in [0.2, 0.25) is 0 Å². The Balaban J connectivity index is 1.23. The van der Waals surface area contributed by atoms with Gasteiger partial charge in [0.25, 0.3) is 5.91 Å². The van der Waals surface area contributed by atoms with Gasteiger partial charge in [0.15, 0.2) is 5.65 Å². The van der Waals surface area contributed by atoms with Gasteiger partial charge in [0.05, 0.1) is 17.8 Å². The Morgan fingerprint density at radius 2 is 1.87 bits per heavy atom. The second-order valence-corrected chi connectivity index (χ2v) is 11.0. The van der Waals surface area contributed by atoms with Crippen LogP contribution >= 0.6 is 11.6 Å². The minimum Gasteiger partial charge on any atom is -0.491 e. The molecule has 0 radical (unpaired) electrons. The topological polar surface area (TPSA) is 83.1 Å². The lowest BCUT2D eigenvalue weighted by atomic mass is 9.96. The summed E-state index contributed by atoms with van der Waals surface area (Å²) in [5.41, 5.74) is 7.69. The average molecular weight is 528 g/mol. The molecular weight excluding hydrogens is 498 g/mol. The van der Waals surface area contributed by atoms with E-state index in [0.717, 1.165) is 45.6 Å². The number of ether oxygens (including phenoxy) is 1. The Bertz CT molecular complexity index is 1540. The SMILES string of the molecule is O=C1NCCOc2cc(-c3[nH]nc4ncc(-c5cc(Cl)c6c(c5)CCC(N5CCCC5)CC6)cc34)ccc21. The molecule has 38 heavy (non-hydrogen) atoms. The van der Waals surface area contributed by atoms with E-state index in [2.05, 4.69) is 43.6 Å². The van der Waals surface area contributed by atoms with Crippen LogP contribution < -0.4 is 10.1 Å². The normalized spacial score (nSPS) is 19.8. The maximum Gasteiger partial charge on any atom is 0.255 e. The fourth-order valence-corrected chi connectivity index (χ4v) is 6.63. The van der Waals surface area contributed by atoms with Crippen LogP contribution in [0.15, 0.2) is 42.6 Å². The lowest BCUT2D eigenvalue weighted by Crippen LogP contribution is -2.32. The summed E-state index contributed by atoms with van der Waals surface area (Å²) in [7, 11) is 0. The van der Waals surface area contributed by atoms with Crippen LogP contribution in [0.3, 0.4) is 0 Å². The smallest absolute Gasteiger partial charge is 0.255 e. The molecule has 8 heteroatoms. The molecule has 3 aliphatic rings. The monoisotopic (exact) mass is 527 g/mol. The van der Waals surface area contributed by atoms with E-state index in [-0.39, 0.29) is 5.91 Å². The van der Waals surface area contributed by atoms with Gasteiger partial charge in [-0.2, -0.15) is 5.10 Å². The summed E-state index contributed by atoms with van der Waals surface area (Å²) in [6, 6.07) is 12.8. The maximum atomic E-state index is 12.3. The molecule has 0 spiro atoms. The third kappa shape index (κ3) is 4.24. The second-order valence-electron chi connectivity index (χ2n) is 10.6. The number of hydrogen-bond acceptors (Lipinski definition) is 5. The van der Waals surface area contributed by atoms with Crippen LogP contribution in [-0.4, -0.2) is 58.3 Å². The van der Waals surface area contributed by atoms with Crippen molar-refractivity contribution in [3.05, 3.63) is 64.3 Å². The van der Waals surface area contributed by atoms with Crippen molar-refractivity contribution in [3.8, 4) is 28.1 Å². The van der Waals surface area contributed by atoms with Gasteiger partial charge in [0.1, 0.15) is 12.4 Å². The van der Waals surface area contributed by atoms with Crippen LogP contribution in [0.5, 0.6) is 5.75 Å². The van der Waals surface area contributed by atoms with Crippen LogP contribution in [0.1, 0.15) is 47.2 Å². The van der Waals surface area contributed by atoms with E-state index in [1.165, 1.54) is 49.9 Å². The van der Waals surface area contributed by atoms with E-state index in [9.17, 15) is 4.79 Å². The molecule has 4 aromatic rings. The minimum absolute atomic E-state index is 0.116. The standard InChI is InChI=1S/C30H30ClN5O2/c31-26-15-20(13-18-3-5-22(6-8-23(18)26)36-10-1-2-11-36)21-14-25-28(34-35-29(25)33-17-21)19-4-7-24-27(16-19)38-12-9-32-30(24)37/h4,7,13-17,22H,1-3,5-6,8-12H2,(H,32,37)(H,33,34,35). The predicted molar refractivity (Wildman–Crippen MR) is 149 cm³/mol. The number of halogens is 1. The molecule has 0 saturated carbocycles. The molecule has 2 aliphatic heterocycles. The minimum atomic E-state index is -0.116. The Kier molecular flexibility index (Phi) is 6.05. The number of aromatic nitrogens is 3. The molecule has 7 rings (SSSR count). The number of hydrogen-bond donors (Lipinski definition) is 2. The summed E-state index contributed by atoms with van der Waals surface area (Å²) in [4.78, 5) is 19.7. The van der Waals surface area contributed by atoms with Crippen LogP contribution in [-0.2, 0) is 12.8 Å². The molecule has 1 amide bonds. The zero-order valence-electron chi connectivity index (χ0n) is 21.2. The Morgan fingerprint density at radius 1 is 1.00 bits per heavy atom. The predicted octanol–water partition coefficient (Wildman–Crippen LogP) is 5.41. The van der Waals surface area contributed by atoms with Crippen molar-refractivity contribution in [3.63, 3.8) is 0 Å². The molecule has 4 heterocycles. The van der Waals surface area contributed by atoms with Crippen molar-refractivity contribution in [1.29, 1.82) is 0 Å². The fourth-order valence-electron chi connectivity index (χ4n) is 6.30. The lowest BCUT2D eigenvalue weighted by molar-refractivity contribution is 0.0957. The van der Waals surface area contributed by atoms with Crippen LogP contribution in [0.2, 0.25) is 5.02 Å². The molecule has 1 aliphatic carbocycles. The van der Waals surface area contributed by atoms with Crippen molar-refractivity contribution < 1.29 is 9.53 Å². The molecule has 1 fully saturated rings. The highest BCUT2D eigenvalue weighted by Gasteiger charge is 2.26. The molecule has 2 aromatic heterocycles. The van der Waals surface area contributed by atoms with Crippen LogP contribution in [0, 0.1) is 0 Å². The molecule has 2 N–H and O–H groups in total. The first-order valence-electron chi connectivity index (χ1n) is 13.6. The average Bonchev–Trinajstić information content (AvgIpc) is 3.52. The van der Waals surface area contributed by atoms with E-state index >= 15 is 0 Å². The molecule has 0 bridgehead atoms. The van der Waals surface area contributed by atoms with Crippen molar-refractivity contribution in [2.75, 3.05) is 26.2 Å². The third-order valence-electron chi connectivity index (χ3n) is 8.32. The summed E-state index contributed by atoms with van der Waals surface area (Å²) in [5, 5.41) is 12.2. The largest absolute Gasteiger partial charge is 0.491 e. The third-order valence-corrected chi connectivity index (χ3v) is 8.66. The first-order valence-corrected chi connectivity index (χ1v) is 14.0. The highest BCUT2D eigenvalue weighted by atomic mass is 35.5. The van der Waals surface area contributed by atoms with Gasteiger partial charge in [-0.25, -0.2) is 4.98 Å². The van der Waals surface area contributed by atoms with E-state index in [1.807, 2.05) is 18.3 Å². The highest BCUT2D eigenvalue weighted by Crippen LogP contribution is 2.37. The van der Waals surface area contributed by atoms with Gasteiger partial charge >= 0.3 is 0 Å². The first-order chi connectivity index (χ1) is 18.6. The van der Waals surface area contributed by atoms with Gasteiger partial charge in [-0.05, 0) is 92.6 Å². The number of H-pyrrole nitrogens is 1. The van der Waals surface area contributed by atoms with Gasteiger partial charge in [-0.3, -0.25) is 9.89 Å². The van der Waals surface area contributed by atoms with Crippen LogP contribution in [0.4, 0.5) is 0 Å². The number of rotatable bonds is 3. The Labute approximate surface area is 226 Å². The molecular formula is C30H30ClN5O2. The van der Waals surface area contributed by atoms with E-state index in [1.54, 1.807) is 6.07 Å². The van der Waals surface area contributed by atoms with E-state index < -0.39 is 0 Å². The summed E-state index contributed by atoms with van der Waals surface area (Å²) in [6.45, 7) is 3.41. The first kappa shape index (κ1) is 23.7. The second kappa shape index (κ2) is 9.71. The molecule has 1 unspecified atom stereocenters. The molecule has 1 atom stereocenters. The van der Waals surface area contributed by atoms with Gasteiger partial charge in [-0.15, -0.1) is 0 Å². The van der Waals surface area contributed by atoms with Gasteiger partial charge < -0.3 is 15.0 Å². The van der Waals surface area contributed by atoms with Crippen molar-refractivity contribution in [2.45, 2.75) is 44.6 Å². The van der Waals surface area contributed by atoms with Gasteiger partial charge in [-0.1, -0.05) is 23.7 Å². The number of fused-ring (bicyclic) bond motifs is 3. The van der Waals surface area contributed by atoms with E-state index in [4.69, 9.17) is 16.3 Å². The summed E-state index contributed by atoms with van der Waals surface area (Å²) < 4.78 is 5.83. The van der Waals surface area contributed by atoms with Crippen molar-refractivity contribution in [2.24, 2.45) is 0 Å².